The smallest absolute Gasteiger partial charge is 0.252 e. The molecule has 0 radical (unpaired) electrons. The fourth-order valence-corrected chi connectivity index (χ4v) is 7.43. The number of anilines is 5. The molecular weight excluding hydrogens is 595 g/mol. The summed E-state index contributed by atoms with van der Waals surface area (Å²) in [5.74, 6) is 1.07. The van der Waals surface area contributed by atoms with Crippen LogP contribution in [0, 0.1) is 6.92 Å². The van der Waals surface area contributed by atoms with E-state index in [2.05, 4.69) is 104 Å². The topological polar surface area (TPSA) is 102 Å². The van der Waals surface area contributed by atoms with Gasteiger partial charge in [0.05, 0.1) is 27.8 Å². The Labute approximate surface area is 266 Å². The molecule has 5 rings (SSSR count). The summed E-state index contributed by atoms with van der Waals surface area (Å²) in [5, 5.41) is 20.3. The van der Waals surface area contributed by atoms with Crippen LogP contribution in [0.4, 0.5) is 37.9 Å². The van der Waals surface area contributed by atoms with Crippen LogP contribution >= 0.6 is 34.4 Å². The average molecular weight is 636 g/mol. The molecule has 3 heterocycles. The van der Waals surface area contributed by atoms with Gasteiger partial charge in [0.2, 0.25) is 0 Å². The highest BCUT2D eigenvalue weighted by Gasteiger charge is 2.14. The molecule has 2 aromatic heterocycles. The second kappa shape index (κ2) is 15.9. The fourth-order valence-electron chi connectivity index (χ4n) is 4.79. The van der Waals surface area contributed by atoms with Crippen molar-refractivity contribution in [3.63, 3.8) is 0 Å². The number of hydrogen-bond acceptors (Lipinski definition) is 12. The van der Waals surface area contributed by atoms with Crippen molar-refractivity contribution in [1.29, 1.82) is 0 Å². The van der Waals surface area contributed by atoms with E-state index in [9.17, 15) is 0 Å². The molecule has 0 unspecified atom stereocenters. The number of hydrazine groups is 2. The molecule has 2 aromatic carbocycles. The van der Waals surface area contributed by atoms with Crippen molar-refractivity contribution in [3.8, 4) is 0 Å². The molecule has 12 heteroatoms. The fraction of sp³-hybridized carbons (Fsp3) is 0.419. The number of hydrogen-bond donors (Lipinski definition) is 4. The minimum atomic E-state index is 0.591. The zero-order valence-electron chi connectivity index (χ0n) is 25.2. The standard InChI is InChI=1S/C31H41N9S3/c1-4-6-7-10-19-41-31-39-38-30(43-31)37-35-27-14-12-25(21-23(27)5-2)32-34-26-13-11-24(20-22(26)3)33-36-28-15-16-29(42-28)40-17-8-9-18-40/h11-16,20-21,32-34,36H,4-10,17-19H2,1-3H3. The molecule has 1 aliphatic rings. The Morgan fingerprint density at radius 2 is 1.65 bits per heavy atom. The largest absolute Gasteiger partial charge is 0.363 e. The van der Waals surface area contributed by atoms with Gasteiger partial charge in [0.1, 0.15) is 5.00 Å². The van der Waals surface area contributed by atoms with Crippen LogP contribution in [0.5, 0.6) is 0 Å². The van der Waals surface area contributed by atoms with Crippen molar-refractivity contribution in [2.45, 2.75) is 70.1 Å². The molecule has 0 spiro atoms. The second-order valence-corrected chi connectivity index (χ2v) is 13.9. The van der Waals surface area contributed by atoms with Crippen LogP contribution in [-0.4, -0.2) is 29.0 Å². The number of unbranched alkanes of at least 4 members (excludes halogenated alkanes) is 3. The van der Waals surface area contributed by atoms with Crippen LogP contribution in [-0.2, 0) is 6.42 Å². The molecule has 4 aromatic rings. The molecule has 9 nitrogen and oxygen atoms in total. The summed E-state index contributed by atoms with van der Waals surface area (Å²) >= 11 is 5.04. The Balaban J connectivity index is 1.11. The summed E-state index contributed by atoms with van der Waals surface area (Å²) < 4.78 is 0.955. The Morgan fingerprint density at radius 3 is 2.47 bits per heavy atom. The maximum atomic E-state index is 4.49. The Bertz CT molecular complexity index is 1480. The van der Waals surface area contributed by atoms with Gasteiger partial charge in [0.15, 0.2) is 4.34 Å². The van der Waals surface area contributed by atoms with Crippen LogP contribution in [0.1, 0.15) is 63.5 Å². The first-order valence-electron chi connectivity index (χ1n) is 15.1. The van der Waals surface area contributed by atoms with Gasteiger partial charge < -0.3 is 21.2 Å². The molecule has 228 valence electrons. The molecule has 1 aliphatic heterocycles. The Morgan fingerprint density at radius 1 is 0.837 bits per heavy atom. The quantitative estimate of drug-likeness (QED) is 0.0418. The van der Waals surface area contributed by atoms with E-state index in [1.54, 1.807) is 23.1 Å². The van der Waals surface area contributed by atoms with Crippen LogP contribution < -0.4 is 26.6 Å². The maximum absolute atomic E-state index is 4.49. The number of nitrogens with zero attached hydrogens (tertiary/aromatic N) is 5. The highest BCUT2D eigenvalue weighted by molar-refractivity contribution is 8.01. The van der Waals surface area contributed by atoms with Crippen molar-refractivity contribution in [1.82, 2.24) is 10.2 Å². The van der Waals surface area contributed by atoms with Crippen molar-refractivity contribution in [2.75, 3.05) is 45.4 Å². The minimum Gasteiger partial charge on any atom is -0.363 e. The number of aromatic nitrogens is 2. The number of rotatable bonds is 16. The lowest BCUT2D eigenvalue weighted by molar-refractivity contribution is 0.706. The van der Waals surface area contributed by atoms with E-state index in [0.717, 1.165) is 68.5 Å². The second-order valence-electron chi connectivity index (χ2n) is 10.5. The molecular formula is C31H41N9S3. The van der Waals surface area contributed by atoms with Crippen LogP contribution in [0.3, 0.4) is 0 Å². The van der Waals surface area contributed by atoms with E-state index < -0.39 is 0 Å². The lowest BCUT2D eigenvalue weighted by atomic mass is 10.1. The van der Waals surface area contributed by atoms with Crippen LogP contribution in [0.25, 0.3) is 0 Å². The molecule has 0 amide bonds. The van der Waals surface area contributed by atoms with E-state index in [1.165, 1.54) is 54.9 Å². The minimum absolute atomic E-state index is 0.591. The van der Waals surface area contributed by atoms with Gasteiger partial charge in [-0.25, -0.2) is 0 Å². The molecule has 4 N–H and O–H groups in total. The van der Waals surface area contributed by atoms with Gasteiger partial charge in [-0.2, -0.15) is 0 Å². The lowest BCUT2D eigenvalue weighted by Gasteiger charge is -2.15. The van der Waals surface area contributed by atoms with Crippen molar-refractivity contribution < 1.29 is 0 Å². The predicted octanol–water partition coefficient (Wildman–Crippen LogP) is 10.0. The number of thiophene rings is 1. The first kappa shape index (κ1) is 31.1. The summed E-state index contributed by atoms with van der Waals surface area (Å²) in [7, 11) is 0. The summed E-state index contributed by atoms with van der Waals surface area (Å²) in [4.78, 5) is 2.46. The highest BCUT2D eigenvalue weighted by Crippen LogP contribution is 2.33. The number of nitrogens with one attached hydrogen (secondary N) is 4. The van der Waals surface area contributed by atoms with E-state index in [4.69, 9.17) is 0 Å². The molecule has 0 atom stereocenters. The molecule has 43 heavy (non-hydrogen) atoms. The van der Waals surface area contributed by atoms with Crippen LogP contribution in [0.2, 0.25) is 0 Å². The normalized spacial score (nSPS) is 13.1. The molecule has 1 fully saturated rings. The third-order valence-corrected chi connectivity index (χ3v) is 10.3. The van der Waals surface area contributed by atoms with Crippen molar-refractivity contribution >= 4 is 72.3 Å². The van der Waals surface area contributed by atoms with Crippen LogP contribution in [0.15, 0.2) is 63.1 Å². The van der Waals surface area contributed by atoms with Gasteiger partial charge in [0.25, 0.3) is 5.13 Å². The van der Waals surface area contributed by atoms with Gasteiger partial charge in [-0.15, -0.1) is 20.4 Å². The van der Waals surface area contributed by atoms with Gasteiger partial charge >= 0.3 is 0 Å². The maximum Gasteiger partial charge on any atom is 0.252 e. The monoisotopic (exact) mass is 635 g/mol. The summed E-state index contributed by atoms with van der Waals surface area (Å²) in [5.41, 5.74) is 19.4. The molecule has 0 bridgehead atoms. The molecule has 0 saturated carbocycles. The molecule has 1 saturated heterocycles. The van der Waals surface area contributed by atoms with E-state index in [0.29, 0.717) is 5.13 Å². The third-order valence-electron chi connectivity index (χ3n) is 7.23. The zero-order valence-corrected chi connectivity index (χ0v) is 27.6. The van der Waals surface area contributed by atoms with E-state index >= 15 is 0 Å². The first-order valence-corrected chi connectivity index (χ1v) is 17.7. The number of benzene rings is 2. The van der Waals surface area contributed by atoms with E-state index in [-0.39, 0.29) is 0 Å². The molecule has 0 aliphatic carbocycles. The number of azo groups is 1. The number of aryl methyl sites for hydroxylation is 2. The Kier molecular flexibility index (Phi) is 11.5. The lowest BCUT2D eigenvalue weighted by Crippen LogP contribution is -2.15. The first-order chi connectivity index (χ1) is 21.1. The average Bonchev–Trinajstić information content (AvgIpc) is 3.81. The predicted molar refractivity (Wildman–Crippen MR) is 186 cm³/mol. The van der Waals surface area contributed by atoms with Crippen molar-refractivity contribution in [2.24, 2.45) is 10.2 Å². The Hall–Kier alpha value is -3.35. The summed E-state index contributed by atoms with van der Waals surface area (Å²) in [6, 6.07) is 16.7. The van der Waals surface area contributed by atoms with Gasteiger partial charge in [-0.1, -0.05) is 67.5 Å². The third kappa shape index (κ3) is 9.07. The van der Waals surface area contributed by atoms with Gasteiger partial charge in [0, 0.05) is 18.8 Å². The summed E-state index contributed by atoms with van der Waals surface area (Å²) in [6.07, 6.45) is 8.44. The van der Waals surface area contributed by atoms with Gasteiger partial charge in [-0.3, -0.25) is 5.43 Å². The SMILES string of the molecule is CCCCCCSc1nnc(N=Nc2ccc(NNc3ccc(NNc4ccc(N5CCCC5)s4)cc3C)cc2CC)s1. The van der Waals surface area contributed by atoms with E-state index in [1.807, 2.05) is 12.1 Å². The van der Waals surface area contributed by atoms with Gasteiger partial charge in [-0.05, 0) is 92.3 Å². The summed E-state index contributed by atoms with van der Waals surface area (Å²) in [6.45, 7) is 8.77. The zero-order chi connectivity index (χ0) is 29.9. The van der Waals surface area contributed by atoms with Crippen molar-refractivity contribution in [3.05, 3.63) is 59.7 Å². The highest BCUT2D eigenvalue weighted by atomic mass is 32.2. The number of thioether (sulfide) groups is 1.